The number of nitrogens with one attached hydrogen (secondary N) is 2. The number of carbonyl (C=O) groups is 1. The Labute approximate surface area is 169 Å². The van der Waals surface area contributed by atoms with E-state index in [1.165, 1.54) is 17.8 Å². The van der Waals surface area contributed by atoms with E-state index in [1.54, 1.807) is 0 Å². The topological polar surface area (TPSA) is 74.8 Å². The van der Waals surface area contributed by atoms with Gasteiger partial charge >= 0.3 is 0 Å². The van der Waals surface area contributed by atoms with Gasteiger partial charge in [-0.05, 0) is 29.7 Å². The highest BCUT2D eigenvalue weighted by Crippen LogP contribution is 2.36. The summed E-state index contributed by atoms with van der Waals surface area (Å²) in [6.45, 7) is 2.00. The molecule has 0 spiro atoms. The number of aromatic nitrogens is 2. The van der Waals surface area contributed by atoms with E-state index in [-0.39, 0.29) is 29.3 Å². The predicted molar refractivity (Wildman–Crippen MR) is 107 cm³/mol. The van der Waals surface area contributed by atoms with E-state index in [0.29, 0.717) is 10.9 Å². The normalized spacial score (nSPS) is 15.7. The zero-order valence-electron chi connectivity index (χ0n) is 15.5. The number of halogens is 2. The molecular weight excluding hydrogens is 396 g/mol. The van der Waals surface area contributed by atoms with Crippen LogP contribution in [0.5, 0.6) is 0 Å². The second-order valence-corrected chi connectivity index (χ2v) is 7.78. The third kappa shape index (κ3) is 3.93. The van der Waals surface area contributed by atoms with Crippen LogP contribution in [0.25, 0.3) is 0 Å². The lowest BCUT2D eigenvalue weighted by atomic mass is 9.86. The predicted octanol–water partition coefficient (Wildman–Crippen LogP) is 4.12. The number of H-pyrrole nitrogens is 1. The molecule has 1 atom stereocenters. The summed E-state index contributed by atoms with van der Waals surface area (Å²) in [5.41, 5.74) is 2.05. The first kappa shape index (κ1) is 19.3. The molecule has 5 nitrogen and oxygen atoms in total. The number of aromatic amines is 1. The molecule has 1 aliphatic heterocycles. The summed E-state index contributed by atoms with van der Waals surface area (Å²) < 4.78 is 27.6. The van der Waals surface area contributed by atoms with E-state index in [2.05, 4.69) is 15.3 Å². The number of aryl methyl sites for hydroxylation is 1. The quantitative estimate of drug-likeness (QED) is 0.498. The monoisotopic (exact) mass is 413 g/mol. The van der Waals surface area contributed by atoms with Crippen molar-refractivity contribution in [1.29, 1.82) is 0 Å². The summed E-state index contributed by atoms with van der Waals surface area (Å²) in [4.78, 5) is 32.0. The number of rotatable bonds is 4. The van der Waals surface area contributed by atoms with E-state index in [1.807, 2.05) is 31.2 Å². The van der Waals surface area contributed by atoms with Crippen molar-refractivity contribution in [2.45, 2.75) is 30.2 Å². The van der Waals surface area contributed by atoms with E-state index in [0.717, 1.165) is 23.3 Å². The zero-order valence-corrected chi connectivity index (χ0v) is 16.3. The maximum atomic E-state index is 14.3. The Morgan fingerprint density at radius 1 is 1.17 bits per heavy atom. The molecule has 0 aliphatic carbocycles. The molecule has 148 valence electrons. The number of fused-ring (bicyclic) bond motifs is 1. The lowest BCUT2D eigenvalue weighted by Gasteiger charge is -2.24. The van der Waals surface area contributed by atoms with E-state index in [9.17, 15) is 18.4 Å². The largest absolute Gasteiger partial charge is 0.310 e. The highest BCUT2D eigenvalue weighted by Gasteiger charge is 2.32. The minimum absolute atomic E-state index is 0.0927. The van der Waals surface area contributed by atoms with Gasteiger partial charge in [-0.25, -0.2) is 13.8 Å². The summed E-state index contributed by atoms with van der Waals surface area (Å²) >= 11 is 1.34. The maximum absolute atomic E-state index is 14.3. The highest BCUT2D eigenvalue weighted by atomic mass is 32.2. The lowest BCUT2D eigenvalue weighted by Crippen LogP contribution is -2.31. The number of thioether (sulfide) groups is 1. The molecule has 2 N–H and O–H groups in total. The fourth-order valence-corrected chi connectivity index (χ4v) is 4.32. The Balaban J connectivity index is 1.69. The molecule has 0 bridgehead atoms. The third-order valence-electron chi connectivity index (χ3n) is 4.89. The standard InChI is InChI=1S/C21H17F2N3O2S/c1-11-4-2-3-5-12(11)10-29-21-25-19-18(20(28)26-21)15(9-17(27)24-19)14-7-6-13(22)8-16(14)23/h2-8,15H,9-10H2,1H3,(H2,24,25,26,27,28)/t15-/m0/s1. The molecule has 8 heteroatoms. The summed E-state index contributed by atoms with van der Waals surface area (Å²) in [5, 5.41) is 2.96. The number of anilines is 1. The molecule has 1 aromatic heterocycles. The average Bonchev–Trinajstić information content (AvgIpc) is 2.66. The van der Waals surface area contributed by atoms with Gasteiger partial charge in [0, 0.05) is 24.2 Å². The Kier molecular flexibility index (Phi) is 5.19. The number of hydrogen-bond donors (Lipinski definition) is 2. The van der Waals surface area contributed by atoms with Crippen LogP contribution in [0.1, 0.15) is 34.6 Å². The zero-order chi connectivity index (χ0) is 20.5. The SMILES string of the molecule is Cc1ccccc1CSc1nc2c(c(=O)[nH]1)[C@H](c1ccc(F)cc1F)CC(=O)N2. The van der Waals surface area contributed by atoms with Crippen LogP contribution < -0.4 is 10.9 Å². The third-order valence-corrected chi connectivity index (χ3v) is 5.82. The number of amides is 1. The Bertz CT molecular complexity index is 1160. The van der Waals surface area contributed by atoms with Gasteiger partial charge in [0.05, 0.1) is 5.56 Å². The van der Waals surface area contributed by atoms with Crippen LogP contribution in [-0.2, 0) is 10.5 Å². The molecule has 3 aromatic rings. The number of carbonyl (C=O) groups excluding carboxylic acids is 1. The van der Waals surface area contributed by atoms with Crippen molar-refractivity contribution in [3.05, 3.63) is 86.7 Å². The van der Waals surface area contributed by atoms with Gasteiger partial charge in [0.1, 0.15) is 17.5 Å². The molecule has 2 heterocycles. The molecule has 0 unspecified atom stereocenters. The van der Waals surface area contributed by atoms with Crippen molar-refractivity contribution in [1.82, 2.24) is 9.97 Å². The number of hydrogen-bond acceptors (Lipinski definition) is 4. The van der Waals surface area contributed by atoms with Crippen LogP contribution in [0, 0.1) is 18.6 Å². The molecule has 0 saturated carbocycles. The molecule has 0 saturated heterocycles. The van der Waals surface area contributed by atoms with Crippen LogP contribution in [0.15, 0.2) is 52.4 Å². The van der Waals surface area contributed by atoms with Gasteiger partial charge in [-0.1, -0.05) is 42.1 Å². The van der Waals surface area contributed by atoms with Gasteiger partial charge < -0.3 is 10.3 Å². The van der Waals surface area contributed by atoms with E-state index < -0.39 is 23.1 Å². The fraction of sp³-hybridized carbons (Fsp3) is 0.190. The average molecular weight is 413 g/mol. The smallest absolute Gasteiger partial charge is 0.257 e. The van der Waals surface area contributed by atoms with Crippen molar-refractivity contribution >= 4 is 23.5 Å². The number of benzene rings is 2. The van der Waals surface area contributed by atoms with Gasteiger partial charge in [0.25, 0.3) is 5.56 Å². The number of nitrogens with zero attached hydrogens (tertiary/aromatic N) is 1. The first-order valence-electron chi connectivity index (χ1n) is 8.98. The van der Waals surface area contributed by atoms with Gasteiger partial charge in [-0.3, -0.25) is 9.59 Å². The summed E-state index contributed by atoms with van der Waals surface area (Å²) in [7, 11) is 0. The maximum Gasteiger partial charge on any atom is 0.257 e. The van der Waals surface area contributed by atoms with Gasteiger partial charge in [-0.2, -0.15) is 0 Å². The van der Waals surface area contributed by atoms with Crippen LogP contribution in [-0.4, -0.2) is 15.9 Å². The first-order valence-corrected chi connectivity index (χ1v) is 9.97. The van der Waals surface area contributed by atoms with Crippen molar-refractivity contribution in [2.75, 3.05) is 5.32 Å². The van der Waals surface area contributed by atoms with Crippen molar-refractivity contribution in [3.63, 3.8) is 0 Å². The Morgan fingerprint density at radius 2 is 1.97 bits per heavy atom. The van der Waals surface area contributed by atoms with Crippen LogP contribution in [0.4, 0.5) is 14.6 Å². The molecule has 0 radical (unpaired) electrons. The molecule has 4 rings (SSSR count). The van der Waals surface area contributed by atoms with Gasteiger partial charge in [-0.15, -0.1) is 0 Å². The van der Waals surface area contributed by atoms with Gasteiger partial charge in [0.15, 0.2) is 5.16 Å². The Morgan fingerprint density at radius 3 is 2.72 bits per heavy atom. The minimum atomic E-state index is -0.828. The van der Waals surface area contributed by atoms with Crippen molar-refractivity contribution < 1.29 is 13.6 Å². The molecule has 0 fully saturated rings. The van der Waals surface area contributed by atoms with Crippen LogP contribution in [0.2, 0.25) is 0 Å². The first-order chi connectivity index (χ1) is 13.9. The van der Waals surface area contributed by atoms with E-state index in [4.69, 9.17) is 0 Å². The molecule has 1 amide bonds. The lowest BCUT2D eigenvalue weighted by molar-refractivity contribution is -0.116. The molecule has 1 aliphatic rings. The Hall–Kier alpha value is -3.00. The summed E-state index contributed by atoms with van der Waals surface area (Å²) in [6, 6.07) is 11.0. The summed E-state index contributed by atoms with van der Waals surface area (Å²) in [5.74, 6) is -2.01. The second-order valence-electron chi connectivity index (χ2n) is 6.82. The second kappa shape index (κ2) is 7.79. The summed E-state index contributed by atoms with van der Waals surface area (Å²) in [6.07, 6.45) is -0.115. The van der Waals surface area contributed by atoms with Crippen molar-refractivity contribution in [2.24, 2.45) is 0 Å². The van der Waals surface area contributed by atoms with Gasteiger partial charge in [0.2, 0.25) is 5.91 Å². The highest BCUT2D eigenvalue weighted by molar-refractivity contribution is 7.98. The van der Waals surface area contributed by atoms with Crippen molar-refractivity contribution in [3.8, 4) is 0 Å². The van der Waals surface area contributed by atoms with Crippen LogP contribution >= 0.6 is 11.8 Å². The van der Waals surface area contributed by atoms with E-state index >= 15 is 0 Å². The minimum Gasteiger partial charge on any atom is -0.310 e. The molecule has 29 heavy (non-hydrogen) atoms. The molecule has 2 aromatic carbocycles. The fourth-order valence-electron chi connectivity index (χ4n) is 3.39. The molecular formula is C21H17F2N3O2S. The van der Waals surface area contributed by atoms with Crippen LogP contribution in [0.3, 0.4) is 0 Å².